The van der Waals surface area contributed by atoms with E-state index < -0.39 is 17.7 Å². The van der Waals surface area contributed by atoms with Crippen LogP contribution in [0.25, 0.3) is 16.7 Å². The Bertz CT molecular complexity index is 1370. The molecule has 1 aliphatic rings. The fourth-order valence-electron chi connectivity index (χ4n) is 4.45. The standard InChI is InChI=1S/C27H23N3O3/c1-17-6-8-18(9-7-17)24-23(25(31)19-10-13-28-14-11-19)26(32)27(33)30(24)15-12-20-16-29-22-5-3-2-4-21(20)22/h2-11,13-14,16,24,29,31H,12,15H2,1H3. The second-order valence-electron chi connectivity index (χ2n) is 8.25. The van der Waals surface area contributed by atoms with E-state index in [9.17, 15) is 14.7 Å². The quantitative estimate of drug-likeness (QED) is 0.273. The molecule has 0 spiro atoms. The number of hydrogen-bond acceptors (Lipinski definition) is 4. The van der Waals surface area contributed by atoms with Crippen LogP contribution in [0.3, 0.4) is 0 Å². The highest BCUT2D eigenvalue weighted by atomic mass is 16.3. The molecule has 6 nitrogen and oxygen atoms in total. The van der Waals surface area contributed by atoms with E-state index in [0.29, 0.717) is 18.5 Å². The normalized spacial score (nSPS) is 17.7. The Kier molecular flexibility index (Phi) is 5.26. The molecule has 0 saturated carbocycles. The Hall–Kier alpha value is -4.19. The van der Waals surface area contributed by atoms with Crippen molar-refractivity contribution < 1.29 is 14.7 Å². The summed E-state index contributed by atoms with van der Waals surface area (Å²) in [6.45, 7) is 2.33. The lowest BCUT2D eigenvalue weighted by atomic mass is 9.95. The number of hydrogen-bond donors (Lipinski definition) is 2. The van der Waals surface area contributed by atoms with Gasteiger partial charge < -0.3 is 15.0 Å². The second-order valence-corrected chi connectivity index (χ2v) is 8.25. The SMILES string of the molecule is Cc1ccc(C2C(=C(O)c3ccncc3)C(=O)C(=O)N2CCc2c[nH]c3ccccc23)cc1. The Balaban J connectivity index is 1.56. The highest BCUT2D eigenvalue weighted by Crippen LogP contribution is 2.39. The molecule has 1 unspecified atom stereocenters. The van der Waals surface area contributed by atoms with Crippen molar-refractivity contribution in [3.8, 4) is 0 Å². The van der Waals surface area contributed by atoms with Crippen molar-refractivity contribution >= 4 is 28.4 Å². The Morgan fingerprint density at radius 1 is 1.03 bits per heavy atom. The molecule has 0 radical (unpaired) electrons. The number of nitrogens with zero attached hydrogens (tertiary/aromatic N) is 2. The zero-order valence-electron chi connectivity index (χ0n) is 18.2. The lowest BCUT2D eigenvalue weighted by molar-refractivity contribution is -0.139. The average molecular weight is 437 g/mol. The molecule has 6 heteroatoms. The number of rotatable bonds is 5. The number of amides is 1. The van der Waals surface area contributed by atoms with E-state index in [1.54, 1.807) is 29.4 Å². The highest BCUT2D eigenvalue weighted by molar-refractivity contribution is 6.46. The number of likely N-dealkylation sites (tertiary alicyclic amines) is 1. The number of aliphatic hydroxyl groups is 1. The van der Waals surface area contributed by atoms with Crippen molar-refractivity contribution in [1.82, 2.24) is 14.9 Å². The van der Waals surface area contributed by atoms with Crippen molar-refractivity contribution in [2.45, 2.75) is 19.4 Å². The number of aryl methyl sites for hydroxylation is 1. The van der Waals surface area contributed by atoms with Gasteiger partial charge in [0.2, 0.25) is 0 Å². The minimum Gasteiger partial charge on any atom is -0.507 e. The molecule has 33 heavy (non-hydrogen) atoms. The topological polar surface area (TPSA) is 86.3 Å². The maximum Gasteiger partial charge on any atom is 0.295 e. The summed E-state index contributed by atoms with van der Waals surface area (Å²) in [5, 5.41) is 12.1. The number of aromatic amines is 1. The van der Waals surface area contributed by atoms with Crippen molar-refractivity contribution in [2.24, 2.45) is 0 Å². The number of nitrogens with one attached hydrogen (secondary N) is 1. The molecule has 1 amide bonds. The number of benzene rings is 2. The van der Waals surface area contributed by atoms with Crippen LogP contribution in [-0.2, 0) is 16.0 Å². The molecule has 5 rings (SSSR count). The first-order chi connectivity index (χ1) is 16.0. The van der Waals surface area contributed by atoms with Gasteiger partial charge in [-0.3, -0.25) is 14.6 Å². The molecule has 1 saturated heterocycles. The lowest BCUT2D eigenvalue weighted by Gasteiger charge is -2.25. The molecule has 3 heterocycles. The Morgan fingerprint density at radius 2 is 1.76 bits per heavy atom. The van der Waals surface area contributed by atoms with Crippen LogP contribution in [0.2, 0.25) is 0 Å². The summed E-state index contributed by atoms with van der Waals surface area (Å²) in [6, 6.07) is 18.3. The minimum atomic E-state index is -0.672. The zero-order valence-corrected chi connectivity index (χ0v) is 18.2. The van der Waals surface area contributed by atoms with Gasteiger partial charge >= 0.3 is 0 Å². The van der Waals surface area contributed by atoms with Crippen LogP contribution in [0, 0.1) is 6.92 Å². The summed E-state index contributed by atoms with van der Waals surface area (Å²) in [5.41, 5.74) is 4.52. The fourth-order valence-corrected chi connectivity index (χ4v) is 4.45. The van der Waals surface area contributed by atoms with Crippen LogP contribution in [0.4, 0.5) is 0 Å². The van der Waals surface area contributed by atoms with E-state index in [2.05, 4.69) is 9.97 Å². The summed E-state index contributed by atoms with van der Waals surface area (Å²) in [4.78, 5) is 35.1. The van der Waals surface area contributed by atoms with E-state index in [1.165, 1.54) is 0 Å². The number of H-pyrrole nitrogens is 1. The van der Waals surface area contributed by atoms with Gasteiger partial charge in [-0.05, 0) is 42.7 Å². The number of fused-ring (bicyclic) bond motifs is 1. The second kappa shape index (κ2) is 8.39. The molecule has 0 bridgehead atoms. The van der Waals surface area contributed by atoms with Crippen LogP contribution < -0.4 is 0 Å². The first kappa shape index (κ1) is 20.7. The van der Waals surface area contributed by atoms with Crippen LogP contribution in [0.15, 0.2) is 84.8 Å². The van der Waals surface area contributed by atoms with Crippen LogP contribution in [-0.4, -0.2) is 38.2 Å². The molecular weight excluding hydrogens is 414 g/mol. The number of pyridine rings is 1. The van der Waals surface area contributed by atoms with Gasteiger partial charge in [-0.25, -0.2) is 0 Å². The van der Waals surface area contributed by atoms with E-state index in [-0.39, 0.29) is 11.3 Å². The molecule has 2 aromatic heterocycles. The highest BCUT2D eigenvalue weighted by Gasteiger charge is 2.45. The van der Waals surface area contributed by atoms with E-state index in [4.69, 9.17) is 0 Å². The zero-order chi connectivity index (χ0) is 22.9. The number of para-hydroxylation sites is 1. The van der Waals surface area contributed by atoms with Gasteiger partial charge in [0.05, 0.1) is 11.6 Å². The summed E-state index contributed by atoms with van der Waals surface area (Å²) in [6.07, 6.45) is 5.61. The number of aliphatic hydroxyl groups excluding tert-OH is 1. The molecule has 1 fully saturated rings. The smallest absolute Gasteiger partial charge is 0.295 e. The van der Waals surface area contributed by atoms with Gasteiger partial charge in [0, 0.05) is 41.6 Å². The van der Waals surface area contributed by atoms with Crippen molar-refractivity contribution in [3.63, 3.8) is 0 Å². The van der Waals surface area contributed by atoms with Crippen LogP contribution in [0.5, 0.6) is 0 Å². The number of Topliss-reactive ketones (excluding diaryl/α,β-unsaturated/α-hetero) is 1. The monoisotopic (exact) mass is 437 g/mol. The van der Waals surface area contributed by atoms with Gasteiger partial charge in [-0.1, -0.05) is 48.0 Å². The van der Waals surface area contributed by atoms with Gasteiger partial charge in [0.25, 0.3) is 11.7 Å². The maximum atomic E-state index is 13.1. The molecule has 1 atom stereocenters. The molecule has 0 aliphatic carbocycles. The molecule has 164 valence electrons. The fraction of sp³-hybridized carbons (Fsp3) is 0.148. The molecule has 2 N–H and O–H groups in total. The largest absolute Gasteiger partial charge is 0.507 e. The average Bonchev–Trinajstić information content (AvgIpc) is 3.37. The first-order valence-electron chi connectivity index (χ1n) is 10.8. The Morgan fingerprint density at radius 3 is 2.52 bits per heavy atom. The van der Waals surface area contributed by atoms with Crippen molar-refractivity contribution in [2.75, 3.05) is 6.54 Å². The molecule has 1 aliphatic heterocycles. The minimum absolute atomic E-state index is 0.106. The third-order valence-electron chi connectivity index (χ3n) is 6.18. The van der Waals surface area contributed by atoms with E-state index >= 15 is 0 Å². The predicted molar refractivity (Wildman–Crippen MR) is 126 cm³/mol. The summed E-state index contributed by atoms with van der Waals surface area (Å²) < 4.78 is 0. The third kappa shape index (κ3) is 3.69. The van der Waals surface area contributed by atoms with Gasteiger partial charge in [0.15, 0.2) is 0 Å². The number of carbonyl (C=O) groups is 2. The first-order valence-corrected chi connectivity index (χ1v) is 10.8. The maximum absolute atomic E-state index is 13.1. The van der Waals surface area contributed by atoms with Gasteiger partial charge in [-0.2, -0.15) is 0 Å². The van der Waals surface area contributed by atoms with E-state index in [0.717, 1.165) is 27.6 Å². The summed E-state index contributed by atoms with van der Waals surface area (Å²) >= 11 is 0. The van der Waals surface area contributed by atoms with E-state index in [1.807, 2.05) is 61.7 Å². The van der Waals surface area contributed by atoms with Gasteiger partial charge in [0.1, 0.15) is 5.76 Å². The molecule has 2 aromatic carbocycles. The number of ketones is 1. The van der Waals surface area contributed by atoms with Crippen LogP contribution in [0.1, 0.15) is 28.3 Å². The summed E-state index contributed by atoms with van der Waals surface area (Å²) in [7, 11) is 0. The van der Waals surface area contributed by atoms with Crippen LogP contribution >= 0.6 is 0 Å². The van der Waals surface area contributed by atoms with Crippen molar-refractivity contribution in [1.29, 1.82) is 0 Å². The lowest BCUT2D eigenvalue weighted by Crippen LogP contribution is -2.31. The third-order valence-corrected chi connectivity index (χ3v) is 6.18. The number of carbonyl (C=O) groups excluding carboxylic acids is 2. The molecule has 4 aromatic rings. The summed E-state index contributed by atoms with van der Waals surface area (Å²) in [5.74, 6) is -1.46. The number of aromatic nitrogens is 2. The molecular formula is C27H23N3O3. The Labute approximate surface area is 191 Å². The van der Waals surface area contributed by atoms with Crippen molar-refractivity contribution in [3.05, 3.63) is 107 Å². The van der Waals surface area contributed by atoms with Gasteiger partial charge in [-0.15, -0.1) is 0 Å². The predicted octanol–water partition coefficient (Wildman–Crippen LogP) is 4.54.